The fraction of sp³-hybridized carbons (Fsp3) is 0.727. The Morgan fingerprint density at radius 1 is 1.59 bits per heavy atom. The number of hydrogen-bond acceptors (Lipinski definition) is 4. The molecule has 5 nitrogen and oxygen atoms in total. The van der Waals surface area contributed by atoms with Crippen LogP contribution in [0.15, 0.2) is 11.5 Å². The average molecular weight is 254 g/mol. The first-order chi connectivity index (χ1) is 8.16. The van der Waals surface area contributed by atoms with Crippen LogP contribution in [0, 0.1) is 0 Å². The van der Waals surface area contributed by atoms with Gasteiger partial charge in [-0.2, -0.15) is 0 Å². The molecule has 1 aromatic heterocycles. The quantitative estimate of drug-likeness (QED) is 0.824. The molecule has 1 fully saturated rings. The van der Waals surface area contributed by atoms with E-state index in [0.717, 1.165) is 18.0 Å². The molecule has 0 unspecified atom stereocenters. The number of hydrogen-bond donors (Lipinski definition) is 1. The predicted molar refractivity (Wildman–Crippen MR) is 66.7 cm³/mol. The summed E-state index contributed by atoms with van der Waals surface area (Å²) in [6, 6.07) is 0.380. The third-order valence-electron chi connectivity index (χ3n) is 3.02. The highest BCUT2D eigenvalue weighted by molar-refractivity contribution is 8.00. The molecule has 1 aromatic rings. The number of carbonyl (C=O) groups is 1. The van der Waals surface area contributed by atoms with Crippen molar-refractivity contribution in [1.29, 1.82) is 0 Å². The van der Waals surface area contributed by atoms with Crippen molar-refractivity contribution in [3.63, 3.8) is 0 Å². The molecular weight excluding hydrogens is 236 g/mol. The summed E-state index contributed by atoms with van der Waals surface area (Å²) in [6.07, 6.45) is 6.34. The molecule has 6 heteroatoms. The van der Waals surface area contributed by atoms with E-state index in [-0.39, 0.29) is 11.2 Å². The molecule has 0 saturated heterocycles. The van der Waals surface area contributed by atoms with Gasteiger partial charge in [0.15, 0.2) is 5.16 Å². The van der Waals surface area contributed by atoms with Gasteiger partial charge in [-0.1, -0.05) is 24.6 Å². The standard InChI is InChI=1S/C11H18N4OS/c1-8(17-11-14-12-7-15(11)2)10(16)13-9-5-3-4-6-9/h7-9H,3-6H2,1-2H3,(H,13,16)/t8-/m1/s1. The van der Waals surface area contributed by atoms with E-state index >= 15 is 0 Å². The van der Waals surface area contributed by atoms with Gasteiger partial charge in [-0.15, -0.1) is 10.2 Å². The Morgan fingerprint density at radius 2 is 2.29 bits per heavy atom. The van der Waals surface area contributed by atoms with Crippen LogP contribution in [0.3, 0.4) is 0 Å². The van der Waals surface area contributed by atoms with E-state index in [2.05, 4.69) is 15.5 Å². The third kappa shape index (κ3) is 3.21. The number of thioether (sulfide) groups is 1. The van der Waals surface area contributed by atoms with E-state index < -0.39 is 0 Å². The second kappa shape index (κ2) is 5.53. The summed E-state index contributed by atoms with van der Waals surface area (Å²) in [5.41, 5.74) is 0. The van der Waals surface area contributed by atoms with Gasteiger partial charge in [0.1, 0.15) is 6.33 Å². The summed E-state index contributed by atoms with van der Waals surface area (Å²) >= 11 is 1.45. The number of rotatable bonds is 4. The van der Waals surface area contributed by atoms with Crippen LogP contribution in [-0.4, -0.2) is 32.0 Å². The Kier molecular flexibility index (Phi) is 4.04. The first kappa shape index (κ1) is 12.4. The predicted octanol–water partition coefficient (Wildman–Crippen LogP) is 1.35. The van der Waals surface area contributed by atoms with Crippen molar-refractivity contribution in [2.45, 2.75) is 49.1 Å². The number of nitrogens with one attached hydrogen (secondary N) is 1. The van der Waals surface area contributed by atoms with Crippen LogP contribution in [-0.2, 0) is 11.8 Å². The van der Waals surface area contributed by atoms with E-state index in [0.29, 0.717) is 6.04 Å². The monoisotopic (exact) mass is 254 g/mol. The van der Waals surface area contributed by atoms with Crippen molar-refractivity contribution in [2.24, 2.45) is 7.05 Å². The maximum Gasteiger partial charge on any atom is 0.233 e. The normalized spacial score (nSPS) is 18.2. The lowest BCUT2D eigenvalue weighted by atomic mass is 10.2. The van der Waals surface area contributed by atoms with Gasteiger partial charge in [-0.3, -0.25) is 4.79 Å². The van der Waals surface area contributed by atoms with E-state index in [1.807, 2.05) is 18.5 Å². The number of aryl methyl sites for hydroxylation is 1. The fourth-order valence-electron chi connectivity index (χ4n) is 1.98. The minimum absolute atomic E-state index is 0.102. The Labute approximate surface area is 105 Å². The van der Waals surface area contributed by atoms with Crippen molar-refractivity contribution in [3.05, 3.63) is 6.33 Å². The summed E-state index contributed by atoms with van der Waals surface area (Å²) in [4.78, 5) is 11.9. The van der Waals surface area contributed by atoms with E-state index in [1.54, 1.807) is 6.33 Å². The molecule has 1 aliphatic carbocycles. The Morgan fingerprint density at radius 3 is 2.88 bits per heavy atom. The summed E-state index contributed by atoms with van der Waals surface area (Å²) in [5.74, 6) is 0.102. The van der Waals surface area contributed by atoms with Gasteiger partial charge in [-0.25, -0.2) is 0 Å². The van der Waals surface area contributed by atoms with Crippen molar-refractivity contribution < 1.29 is 4.79 Å². The molecule has 0 aliphatic heterocycles. The zero-order valence-corrected chi connectivity index (χ0v) is 11.0. The zero-order chi connectivity index (χ0) is 12.3. The molecule has 2 rings (SSSR count). The smallest absolute Gasteiger partial charge is 0.233 e. The molecule has 0 aromatic carbocycles. The summed E-state index contributed by atoms with van der Waals surface area (Å²) < 4.78 is 1.82. The minimum Gasteiger partial charge on any atom is -0.352 e. The molecule has 0 radical (unpaired) electrons. The molecule has 0 bridgehead atoms. The molecule has 1 atom stereocenters. The van der Waals surface area contributed by atoms with Gasteiger partial charge in [0.2, 0.25) is 5.91 Å². The Balaban J connectivity index is 1.84. The minimum atomic E-state index is -0.126. The van der Waals surface area contributed by atoms with Crippen LogP contribution in [0.5, 0.6) is 0 Å². The topological polar surface area (TPSA) is 59.8 Å². The maximum absolute atomic E-state index is 11.9. The highest BCUT2D eigenvalue weighted by atomic mass is 32.2. The molecule has 17 heavy (non-hydrogen) atoms. The fourth-order valence-corrected chi connectivity index (χ4v) is 2.78. The molecular formula is C11H18N4OS. The van der Waals surface area contributed by atoms with Crippen LogP contribution in [0.4, 0.5) is 0 Å². The van der Waals surface area contributed by atoms with Gasteiger partial charge >= 0.3 is 0 Å². The van der Waals surface area contributed by atoms with Crippen LogP contribution >= 0.6 is 11.8 Å². The van der Waals surface area contributed by atoms with Crippen LogP contribution in [0.1, 0.15) is 32.6 Å². The summed E-state index contributed by atoms with van der Waals surface area (Å²) in [5, 5.41) is 11.5. The zero-order valence-electron chi connectivity index (χ0n) is 10.2. The molecule has 1 N–H and O–H groups in total. The summed E-state index contributed by atoms with van der Waals surface area (Å²) in [7, 11) is 1.88. The number of carbonyl (C=O) groups excluding carboxylic acids is 1. The van der Waals surface area contributed by atoms with Crippen molar-refractivity contribution in [2.75, 3.05) is 0 Å². The van der Waals surface area contributed by atoms with Gasteiger partial charge < -0.3 is 9.88 Å². The van der Waals surface area contributed by atoms with Crippen molar-refractivity contribution >= 4 is 17.7 Å². The average Bonchev–Trinajstić information content (AvgIpc) is 2.91. The molecule has 94 valence electrons. The molecule has 1 aliphatic rings. The second-order valence-electron chi connectivity index (χ2n) is 4.47. The first-order valence-corrected chi connectivity index (χ1v) is 6.86. The first-order valence-electron chi connectivity index (χ1n) is 5.98. The lowest BCUT2D eigenvalue weighted by molar-refractivity contribution is -0.120. The lowest BCUT2D eigenvalue weighted by Gasteiger charge is -2.15. The third-order valence-corrected chi connectivity index (χ3v) is 4.17. The van der Waals surface area contributed by atoms with E-state index in [1.165, 1.54) is 24.6 Å². The second-order valence-corrected chi connectivity index (χ2v) is 5.78. The van der Waals surface area contributed by atoms with E-state index in [9.17, 15) is 4.79 Å². The van der Waals surface area contributed by atoms with Gasteiger partial charge in [0.05, 0.1) is 5.25 Å². The van der Waals surface area contributed by atoms with Crippen molar-refractivity contribution in [3.8, 4) is 0 Å². The maximum atomic E-state index is 11.9. The van der Waals surface area contributed by atoms with Crippen LogP contribution in [0.2, 0.25) is 0 Å². The Hall–Kier alpha value is -1.04. The summed E-state index contributed by atoms with van der Waals surface area (Å²) in [6.45, 7) is 1.91. The largest absolute Gasteiger partial charge is 0.352 e. The number of amides is 1. The highest BCUT2D eigenvalue weighted by Gasteiger charge is 2.22. The molecule has 0 spiro atoms. The van der Waals surface area contributed by atoms with Gasteiger partial charge in [0.25, 0.3) is 0 Å². The van der Waals surface area contributed by atoms with E-state index in [4.69, 9.17) is 0 Å². The number of nitrogens with zero attached hydrogens (tertiary/aromatic N) is 3. The van der Waals surface area contributed by atoms with Crippen LogP contribution in [0.25, 0.3) is 0 Å². The molecule has 1 amide bonds. The van der Waals surface area contributed by atoms with Crippen LogP contribution < -0.4 is 5.32 Å². The van der Waals surface area contributed by atoms with Crippen molar-refractivity contribution in [1.82, 2.24) is 20.1 Å². The molecule has 1 heterocycles. The number of aromatic nitrogens is 3. The van der Waals surface area contributed by atoms with Gasteiger partial charge in [0, 0.05) is 13.1 Å². The lowest BCUT2D eigenvalue weighted by Crippen LogP contribution is -2.37. The van der Waals surface area contributed by atoms with Gasteiger partial charge in [-0.05, 0) is 19.8 Å². The Bertz CT molecular complexity index is 387. The molecule has 1 saturated carbocycles. The SMILES string of the molecule is C[C@@H](Sc1nncn1C)C(=O)NC1CCCC1. The highest BCUT2D eigenvalue weighted by Crippen LogP contribution is 2.22.